The van der Waals surface area contributed by atoms with Crippen LogP contribution in [0.1, 0.15) is 56.0 Å². The van der Waals surface area contributed by atoms with E-state index in [0.717, 1.165) is 12.0 Å². The van der Waals surface area contributed by atoms with Crippen LogP contribution in [0, 0.1) is 0 Å². The van der Waals surface area contributed by atoms with E-state index in [1.165, 1.54) is 0 Å². The Labute approximate surface area is 130 Å². The predicted octanol–water partition coefficient (Wildman–Crippen LogP) is 3.50. The fourth-order valence-corrected chi connectivity index (χ4v) is 2.77. The Hall–Kier alpha value is -2.04. The van der Waals surface area contributed by atoms with E-state index in [1.54, 1.807) is 23.1 Å². The quantitative estimate of drug-likeness (QED) is 0.908. The third-order valence-electron chi connectivity index (χ3n) is 3.81. The van der Waals surface area contributed by atoms with Gasteiger partial charge in [0.05, 0.1) is 5.56 Å². The molecular formula is C17H23NO4. The Morgan fingerprint density at radius 2 is 2.00 bits per heavy atom. The molecule has 5 heteroatoms. The van der Waals surface area contributed by atoms with E-state index in [1.807, 2.05) is 33.8 Å². The molecule has 1 aromatic carbocycles. The van der Waals surface area contributed by atoms with Crippen molar-refractivity contribution in [1.82, 2.24) is 4.90 Å². The number of hydrogen-bond acceptors (Lipinski definition) is 3. The van der Waals surface area contributed by atoms with Crippen LogP contribution in [0.3, 0.4) is 0 Å². The van der Waals surface area contributed by atoms with Gasteiger partial charge in [0, 0.05) is 18.5 Å². The minimum Gasteiger partial charge on any atom is -0.478 e. The summed E-state index contributed by atoms with van der Waals surface area (Å²) in [5.74, 6) is -0.793. The van der Waals surface area contributed by atoms with Gasteiger partial charge in [-0.15, -0.1) is 0 Å². The zero-order chi connectivity index (χ0) is 16.5. The highest BCUT2D eigenvalue weighted by molar-refractivity contribution is 5.87. The summed E-state index contributed by atoms with van der Waals surface area (Å²) in [5.41, 5.74) is 0.719. The second-order valence-corrected chi connectivity index (χ2v) is 6.84. The average molecular weight is 305 g/mol. The Bertz CT molecular complexity index is 576. The number of rotatable bonds is 2. The van der Waals surface area contributed by atoms with Gasteiger partial charge in [0.15, 0.2) is 0 Å². The minimum absolute atomic E-state index is 0.0772. The van der Waals surface area contributed by atoms with Crippen LogP contribution in [0.4, 0.5) is 4.79 Å². The summed E-state index contributed by atoms with van der Waals surface area (Å²) >= 11 is 0. The molecule has 0 aliphatic carbocycles. The molecule has 0 unspecified atom stereocenters. The maximum atomic E-state index is 12.2. The Morgan fingerprint density at radius 1 is 1.32 bits per heavy atom. The highest BCUT2D eigenvalue weighted by atomic mass is 16.6. The van der Waals surface area contributed by atoms with Gasteiger partial charge in [0.1, 0.15) is 5.60 Å². The number of carboxylic acid groups (broad SMARTS) is 1. The lowest BCUT2D eigenvalue weighted by Crippen LogP contribution is -2.38. The number of aromatic carboxylic acids is 1. The largest absolute Gasteiger partial charge is 0.478 e. The SMILES string of the molecule is C[C@H]1C[C@H](c2cccc(C(=O)O)c2)CN1C(=O)OC(C)(C)C. The van der Waals surface area contributed by atoms with Crippen molar-refractivity contribution in [2.24, 2.45) is 0 Å². The van der Waals surface area contributed by atoms with Crippen molar-refractivity contribution in [3.05, 3.63) is 35.4 Å². The Kier molecular flexibility index (Phi) is 4.44. The molecule has 1 aliphatic rings. The lowest BCUT2D eigenvalue weighted by atomic mass is 9.95. The maximum Gasteiger partial charge on any atom is 0.410 e. The number of carbonyl (C=O) groups is 2. The summed E-state index contributed by atoms with van der Waals surface area (Å²) in [6, 6.07) is 7.02. The van der Waals surface area contributed by atoms with Crippen LogP contribution < -0.4 is 0 Å². The monoisotopic (exact) mass is 305 g/mol. The number of carbonyl (C=O) groups excluding carboxylic acids is 1. The number of amides is 1. The van der Waals surface area contributed by atoms with Gasteiger partial charge in [0.2, 0.25) is 0 Å². The molecule has 1 saturated heterocycles. The second-order valence-electron chi connectivity index (χ2n) is 6.84. The van der Waals surface area contributed by atoms with E-state index in [9.17, 15) is 9.59 Å². The average Bonchev–Trinajstić information content (AvgIpc) is 2.79. The first kappa shape index (κ1) is 16.3. The summed E-state index contributed by atoms with van der Waals surface area (Å²) in [7, 11) is 0. The first-order valence-corrected chi connectivity index (χ1v) is 7.50. The molecular weight excluding hydrogens is 282 g/mol. The normalized spacial score (nSPS) is 21.7. The lowest BCUT2D eigenvalue weighted by molar-refractivity contribution is 0.0237. The molecule has 0 radical (unpaired) electrons. The molecule has 5 nitrogen and oxygen atoms in total. The van der Waals surface area contributed by atoms with Crippen LogP contribution in [0.15, 0.2) is 24.3 Å². The summed E-state index contributed by atoms with van der Waals surface area (Å²) < 4.78 is 5.43. The summed E-state index contributed by atoms with van der Waals surface area (Å²) in [6.07, 6.45) is 0.499. The molecule has 1 N–H and O–H groups in total. The highest BCUT2D eigenvalue weighted by Gasteiger charge is 2.35. The van der Waals surface area contributed by atoms with Gasteiger partial charge >= 0.3 is 12.1 Å². The first-order valence-electron chi connectivity index (χ1n) is 7.50. The second kappa shape index (κ2) is 5.99. The molecule has 0 spiro atoms. The van der Waals surface area contributed by atoms with Crippen LogP contribution in [0.5, 0.6) is 0 Å². The fourth-order valence-electron chi connectivity index (χ4n) is 2.77. The van der Waals surface area contributed by atoms with E-state index >= 15 is 0 Å². The molecule has 0 saturated carbocycles. The van der Waals surface area contributed by atoms with Gasteiger partial charge in [-0.2, -0.15) is 0 Å². The zero-order valence-corrected chi connectivity index (χ0v) is 13.5. The minimum atomic E-state index is -0.933. The van der Waals surface area contributed by atoms with Crippen LogP contribution in [0.2, 0.25) is 0 Å². The van der Waals surface area contributed by atoms with Crippen LogP contribution in [0.25, 0.3) is 0 Å². The molecule has 1 aliphatic heterocycles. The van der Waals surface area contributed by atoms with E-state index in [-0.39, 0.29) is 23.6 Å². The topological polar surface area (TPSA) is 66.8 Å². The van der Waals surface area contributed by atoms with Crippen LogP contribution in [-0.4, -0.2) is 40.3 Å². The van der Waals surface area contributed by atoms with Gasteiger partial charge in [-0.25, -0.2) is 9.59 Å². The smallest absolute Gasteiger partial charge is 0.410 e. The zero-order valence-electron chi connectivity index (χ0n) is 13.5. The molecule has 2 rings (SSSR count). The molecule has 1 aromatic rings. The number of carboxylic acids is 1. The summed E-state index contributed by atoms with van der Waals surface area (Å²) in [5, 5.41) is 9.09. The number of nitrogens with zero attached hydrogens (tertiary/aromatic N) is 1. The van der Waals surface area contributed by atoms with Crippen molar-refractivity contribution >= 4 is 12.1 Å². The molecule has 1 fully saturated rings. The third kappa shape index (κ3) is 3.78. The van der Waals surface area contributed by atoms with Crippen molar-refractivity contribution in [3.8, 4) is 0 Å². The number of ether oxygens (including phenoxy) is 1. The number of benzene rings is 1. The highest BCUT2D eigenvalue weighted by Crippen LogP contribution is 2.33. The molecule has 1 amide bonds. The van der Waals surface area contributed by atoms with Crippen molar-refractivity contribution < 1.29 is 19.4 Å². The summed E-state index contributed by atoms with van der Waals surface area (Å²) in [4.78, 5) is 25.0. The molecule has 1 heterocycles. The van der Waals surface area contributed by atoms with E-state index in [4.69, 9.17) is 9.84 Å². The van der Waals surface area contributed by atoms with E-state index in [2.05, 4.69) is 0 Å². The van der Waals surface area contributed by atoms with Crippen molar-refractivity contribution in [2.45, 2.75) is 51.7 Å². The predicted molar refractivity (Wildman–Crippen MR) is 83.2 cm³/mol. The number of hydrogen-bond donors (Lipinski definition) is 1. The van der Waals surface area contributed by atoms with Crippen molar-refractivity contribution in [2.75, 3.05) is 6.54 Å². The molecule has 120 valence electrons. The maximum absolute atomic E-state index is 12.2. The van der Waals surface area contributed by atoms with E-state index in [0.29, 0.717) is 6.54 Å². The molecule has 0 bridgehead atoms. The van der Waals surface area contributed by atoms with Crippen molar-refractivity contribution in [1.29, 1.82) is 0 Å². The Morgan fingerprint density at radius 3 is 2.59 bits per heavy atom. The van der Waals surface area contributed by atoms with Crippen LogP contribution >= 0.6 is 0 Å². The van der Waals surface area contributed by atoms with E-state index < -0.39 is 11.6 Å². The van der Waals surface area contributed by atoms with Gasteiger partial charge < -0.3 is 14.7 Å². The number of likely N-dealkylation sites (tertiary alicyclic amines) is 1. The van der Waals surface area contributed by atoms with Crippen LogP contribution in [-0.2, 0) is 4.74 Å². The third-order valence-corrected chi connectivity index (χ3v) is 3.81. The van der Waals surface area contributed by atoms with Gasteiger partial charge in [-0.1, -0.05) is 12.1 Å². The van der Waals surface area contributed by atoms with Crippen molar-refractivity contribution in [3.63, 3.8) is 0 Å². The molecule has 22 heavy (non-hydrogen) atoms. The Balaban J connectivity index is 2.12. The van der Waals surface area contributed by atoms with Gasteiger partial charge in [-0.3, -0.25) is 0 Å². The first-order chi connectivity index (χ1) is 10.2. The molecule has 0 aromatic heterocycles. The van der Waals surface area contributed by atoms with Gasteiger partial charge in [0.25, 0.3) is 0 Å². The molecule has 2 atom stereocenters. The standard InChI is InChI=1S/C17H23NO4/c1-11-8-14(10-18(11)16(21)22-17(2,3)4)12-6-5-7-13(9-12)15(19)20/h5-7,9,11,14H,8,10H2,1-4H3,(H,19,20)/t11-,14-/m0/s1. The fraction of sp³-hybridized carbons (Fsp3) is 0.529. The summed E-state index contributed by atoms with van der Waals surface area (Å²) in [6.45, 7) is 8.09. The lowest BCUT2D eigenvalue weighted by Gasteiger charge is -2.27. The van der Waals surface area contributed by atoms with Gasteiger partial charge in [-0.05, 0) is 51.8 Å².